The lowest BCUT2D eigenvalue weighted by molar-refractivity contribution is -0.137. The number of hydrogen-bond acceptors (Lipinski definition) is 5. The van der Waals surface area contributed by atoms with E-state index in [9.17, 15) is 9.59 Å². The van der Waals surface area contributed by atoms with Crippen molar-refractivity contribution in [2.24, 2.45) is 5.92 Å². The first-order valence-electron chi connectivity index (χ1n) is 12.0. The van der Waals surface area contributed by atoms with Crippen LogP contribution in [0.3, 0.4) is 0 Å². The van der Waals surface area contributed by atoms with Crippen LogP contribution in [0, 0.1) is 19.8 Å². The molecule has 0 N–H and O–H groups in total. The minimum Gasteiger partial charge on any atom is -0.474 e. The summed E-state index contributed by atoms with van der Waals surface area (Å²) in [5.41, 5.74) is 3.44. The van der Waals surface area contributed by atoms with Crippen LogP contribution in [0.25, 0.3) is 11.0 Å². The molecule has 1 atom stereocenters. The maximum atomic E-state index is 12.8. The zero-order valence-corrected chi connectivity index (χ0v) is 19.3. The molecule has 1 aliphatic carbocycles. The normalized spacial score (nSPS) is 23.0. The lowest BCUT2D eigenvalue weighted by atomic mass is 10.0. The van der Waals surface area contributed by atoms with Crippen molar-refractivity contribution >= 4 is 22.8 Å². The van der Waals surface area contributed by atoms with Crippen LogP contribution in [0.5, 0.6) is 5.88 Å². The van der Waals surface area contributed by atoms with Crippen LogP contribution in [-0.2, 0) is 9.59 Å². The molecule has 8 nitrogen and oxygen atoms in total. The van der Waals surface area contributed by atoms with Gasteiger partial charge >= 0.3 is 0 Å². The van der Waals surface area contributed by atoms with Gasteiger partial charge in [0.2, 0.25) is 17.7 Å². The smallest absolute Gasteiger partial charge is 0.227 e. The molecule has 0 aromatic carbocycles. The molecule has 0 bridgehead atoms. The Balaban J connectivity index is 1.28. The summed E-state index contributed by atoms with van der Waals surface area (Å²) in [4.78, 5) is 37.3. The van der Waals surface area contributed by atoms with Gasteiger partial charge in [-0.25, -0.2) is 9.97 Å². The van der Waals surface area contributed by atoms with E-state index in [2.05, 4.69) is 28.4 Å². The molecule has 4 heterocycles. The van der Waals surface area contributed by atoms with E-state index in [1.807, 2.05) is 4.90 Å². The molecule has 5 rings (SSSR count). The fraction of sp³-hybridized carbons (Fsp3) is 0.667. The largest absolute Gasteiger partial charge is 0.474 e. The molecule has 1 unspecified atom stereocenters. The molecule has 172 valence electrons. The monoisotopic (exact) mass is 439 g/mol. The second-order valence-corrected chi connectivity index (χ2v) is 9.71. The minimum absolute atomic E-state index is 0.0274. The van der Waals surface area contributed by atoms with Crippen LogP contribution in [0.1, 0.15) is 62.2 Å². The Morgan fingerprint density at radius 2 is 1.81 bits per heavy atom. The van der Waals surface area contributed by atoms with Crippen molar-refractivity contribution in [2.75, 3.05) is 26.7 Å². The average molecular weight is 440 g/mol. The number of hydrogen-bond donors (Lipinski definition) is 0. The summed E-state index contributed by atoms with van der Waals surface area (Å²) in [5, 5.41) is 1.03. The second-order valence-electron chi connectivity index (χ2n) is 9.71. The van der Waals surface area contributed by atoms with Crippen molar-refractivity contribution in [1.82, 2.24) is 24.3 Å². The zero-order valence-electron chi connectivity index (χ0n) is 19.3. The summed E-state index contributed by atoms with van der Waals surface area (Å²) in [6.45, 7) is 6.17. The molecule has 8 heteroatoms. The van der Waals surface area contributed by atoms with Crippen molar-refractivity contribution in [3.63, 3.8) is 0 Å². The van der Waals surface area contributed by atoms with E-state index in [1.165, 1.54) is 36.9 Å². The topological polar surface area (TPSA) is 80.6 Å². The van der Waals surface area contributed by atoms with E-state index in [0.29, 0.717) is 38.0 Å². The van der Waals surface area contributed by atoms with Crippen molar-refractivity contribution in [1.29, 1.82) is 0 Å². The van der Waals surface area contributed by atoms with Crippen molar-refractivity contribution < 1.29 is 14.3 Å². The number of rotatable bonds is 4. The first-order valence-corrected chi connectivity index (χ1v) is 12.0. The fourth-order valence-electron chi connectivity index (χ4n) is 5.73. The molecule has 3 aliphatic rings. The Kier molecular flexibility index (Phi) is 5.55. The lowest BCUT2D eigenvalue weighted by Gasteiger charge is -2.33. The second kappa shape index (κ2) is 8.37. The van der Waals surface area contributed by atoms with Gasteiger partial charge in [0.1, 0.15) is 18.1 Å². The van der Waals surface area contributed by atoms with Gasteiger partial charge in [0.25, 0.3) is 0 Å². The van der Waals surface area contributed by atoms with E-state index in [4.69, 9.17) is 4.74 Å². The predicted molar refractivity (Wildman–Crippen MR) is 120 cm³/mol. The van der Waals surface area contributed by atoms with Gasteiger partial charge in [0.15, 0.2) is 0 Å². The Morgan fingerprint density at radius 1 is 1.09 bits per heavy atom. The summed E-state index contributed by atoms with van der Waals surface area (Å²) in [6.07, 6.45) is 8.50. The fourth-order valence-corrected chi connectivity index (χ4v) is 5.73. The Hall–Kier alpha value is -2.64. The van der Waals surface area contributed by atoms with E-state index in [0.717, 1.165) is 23.9 Å². The summed E-state index contributed by atoms with van der Waals surface area (Å²) < 4.78 is 8.80. The summed E-state index contributed by atoms with van der Waals surface area (Å²) in [7, 11) is 1.77. The highest BCUT2D eigenvalue weighted by molar-refractivity contribution is 5.89. The molecule has 0 spiro atoms. The average Bonchev–Trinajstić information content (AvgIpc) is 3.49. The molecule has 2 aliphatic heterocycles. The maximum Gasteiger partial charge on any atom is 0.227 e. The zero-order chi connectivity index (χ0) is 22.4. The maximum absolute atomic E-state index is 12.8. The van der Waals surface area contributed by atoms with Crippen molar-refractivity contribution in [3.05, 3.63) is 17.6 Å². The number of aryl methyl sites for hydroxylation is 1. The predicted octanol–water partition coefficient (Wildman–Crippen LogP) is 3.01. The molecular formula is C24H33N5O3. The number of carbonyl (C=O) groups excluding carboxylic acids is 2. The molecule has 3 fully saturated rings. The van der Waals surface area contributed by atoms with Crippen LogP contribution >= 0.6 is 0 Å². The molecule has 0 radical (unpaired) electrons. The molecule has 2 aromatic rings. The number of piperidine rings is 1. The number of nitrogens with zero attached hydrogens (tertiary/aromatic N) is 5. The van der Waals surface area contributed by atoms with Gasteiger partial charge in [-0.1, -0.05) is 12.8 Å². The van der Waals surface area contributed by atoms with Gasteiger partial charge in [0, 0.05) is 57.7 Å². The Labute approximate surface area is 188 Å². The number of amides is 2. The quantitative estimate of drug-likeness (QED) is 0.732. The minimum atomic E-state index is -0.201. The SMILES string of the molecule is Cc1c(C)n(C2CCCC2)c2ncnc(OC3CCN(C(=O)C4CC(=O)N(C)C4)CC3)c12. The number of carbonyl (C=O) groups is 2. The van der Waals surface area contributed by atoms with Gasteiger partial charge in [-0.15, -0.1) is 0 Å². The molecule has 2 aromatic heterocycles. The van der Waals surface area contributed by atoms with Gasteiger partial charge in [0.05, 0.1) is 11.3 Å². The number of likely N-dealkylation sites (tertiary alicyclic amines) is 2. The summed E-state index contributed by atoms with van der Waals surface area (Å²) in [5.74, 6) is 0.628. The van der Waals surface area contributed by atoms with Crippen LogP contribution in [-0.4, -0.2) is 68.9 Å². The Bertz CT molecular complexity index is 1030. The number of aromatic nitrogens is 3. The van der Waals surface area contributed by atoms with E-state index < -0.39 is 0 Å². The highest BCUT2D eigenvalue weighted by Crippen LogP contribution is 2.38. The Morgan fingerprint density at radius 3 is 2.47 bits per heavy atom. The van der Waals surface area contributed by atoms with Gasteiger partial charge in [-0.3, -0.25) is 9.59 Å². The third-order valence-corrected chi connectivity index (χ3v) is 7.71. The van der Waals surface area contributed by atoms with Crippen LogP contribution in [0.2, 0.25) is 0 Å². The van der Waals surface area contributed by atoms with Crippen molar-refractivity contribution in [3.8, 4) is 5.88 Å². The molecular weight excluding hydrogens is 406 g/mol. The highest BCUT2D eigenvalue weighted by Gasteiger charge is 2.36. The molecule has 2 saturated heterocycles. The van der Waals surface area contributed by atoms with Gasteiger partial charge in [-0.2, -0.15) is 0 Å². The lowest BCUT2D eigenvalue weighted by Crippen LogP contribution is -2.44. The van der Waals surface area contributed by atoms with Crippen LogP contribution in [0.15, 0.2) is 6.33 Å². The standard InChI is InChI=1S/C24H33N5O3/c1-15-16(2)29(18-6-4-5-7-18)22-21(15)23(26-14-25-22)32-19-8-10-28(11-9-19)24(31)17-12-20(30)27(3)13-17/h14,17-19H,4-13H2,1-3H3. The first-order chi connectivity index (χ1) is 15.4. The van der Waals surface area contributed by atoms with E-state index in [-0.39, 0.29) is 23.8 Å². The van der Waals surface area contributed by atoms with Gasteiger partial charge < -0.3 is 19.1 Å². The summed E-state index contributed by atoms with van der Waals surface area (Å²) in [6, 6.07) is 0.518. The molecule has 1 saturated carbocycles. The van der Waals surface area contributed by atoms with E-state index >= 15 is 0 Å². The van der Waals surface area contributed by atoms with E-state index in [1.54, 1.807) is 18.3 Å². The third kappa shape index (κ3) is 3.63. The third-order valence-electron chi connectivity index (χ3n) is 7.71. The highest BCUT2D eigenvalue weighted by atomic mass is 16.5. The summed E-state index contributed by atoms with van der Waals surface area (Å²) >= 11 is 0. The molecule has 2 amide bonds. The number of fused-ring (bicyclic) bond motifs is 1. The van der Waals surface area contributed by atoms with Crippen molar-refractivity contribution in [2.45, 2.75) is 70.9 Å². The number of ether oxygens (including phenoxy) is 1. The van der Waals surface area contributed by atoms with Crippen LogP contribution < -0.4 is 4.74 Å². The first kappa shape index (κ1) is 21.2. The molecule has 32 heavy (non-hydrogen) atoms. The van der Waals surface area contributed by atoms with Crippen LogP contribution in [0.4, 0.5) is 0 Å². The van der Waals surface area contributed by atoms with Gasteiger partial charge in [-0.05, 0) is 32.3 Å².